The molecule has 0 aliphatic heterocycles. The van der Waals surface area contributed by atoms with Crippen molar-refractivity contribution in [1.29, 1.82) is 0 Å². The quantitative estimate of drug-likeness (QED) is 0.603. The molecule has 0 saturated carbocycles. The minimum absolute atomic E-state index is 0.265. The average Bonchev–Trinajstić information content (AvgIpc) is 2.06. The van der Waals surface area contributed by atoms with Crippen molar-refractivity contribution in [3.63, 3.8) is 0 Å². The maximum Gasteiger partial charge on any atom is 0.492 e. The summed E-state index contributed by atoms with van der Waals surface area (Å²) < 4.78 is 49.9. The molecule has 0 aliphatic rings. The Balaban J connectivity index is 3.47. The molecular formula is C7H4BBrF4O2. The van der Waals surface area contributed by atoms with Gasteiger partial charge in [0.1, 0.15) is 5.82 Å². The van der Waals surface area contributed by atoms with E-state index in [-0.39, 0.29) is 4.47 Å². The molecule has 2 nitrogen and oxygen atoms in total. The number of benzene rings is 1. The van der Waals surface area contributed by atoms with Gasteiger partial charge in [-0.15, -0.1) is 0 Å². The lowest BCUT2D eigenvalue weighted by Crippen LogP contribution is -2.38. The van der Waals surface area contributed by atoms with Crippen molar-refractivity contribution >= 4 is 28.5 Å². The van der Waals surface area contributed by atoms with E-state index in [1.165, 1.54) is 0 Å². The van der Waals surface area contributed by atoms with E-state index in [1.807, 2.05) is 0 Å². The van der Waals surface area contributed by atoms with Gasteiger partial charge >= 0.3 is 13.3 Å². The van der Waals surface area contributed by atoms with Crippen LogP contribution in [0.5, 0.6) is 0 Å². The van der Waals surface area contributed by atoms with Crippen molar-refractivity contribution in [2.75, 3.05) is 0 Å². The Labute approximate surface area is 90.8 Å². The Morgan fingerprint density at radius 1 is 1.20 bits per heavy atom. The van der Waals surface area contributed by atoms with Crippen molar-refractivity contribution in [2.24, 2.45) is 0 Å². The van der Waals surface area contributed by atoms with E-state index >= 15 is 0 Å². The highest BCUT2D eigenvalue weighted by Gasteiger charge is 2.38. The van der Waals surface area contributed by atoms with E-state index in [9.17, 15) is 17.6 Å². The van der Waals surface area contributed by atoms with Gasteiger partial charge in [0.15, 0.2) is 0 Å². The fourth-order valence-corrected chi connectivity index (χ4v) is 1.41. The minimum Gasteiger partial charge on any atom is -0.423 e. The van der Waals surface area contributed by atoms with Crippen molar-refractivity contribution < 1.29 is 27.6 Å². The highest BCUT2D eigenvalue weighted by Crippen LogP contribution is 2.30. The first-order valence-electron chi connectivity index (χ1n) is 3.66. The SMILES string of the molecule is OB(O)c1c(C(F)(F)F)ccc(Br)c1F. The Kier molecular flexibility index (Phi) is 3.42. The summed E-state index contributed by atoms with van der Waals surface area (Å²) in [5.41, 5.74) is -2.59. The summed E-state index contributed by atoms with van der Waals surface area (Å²) in [7, 11) is -2.51. The zero-order valence-corrected chi connectivity index (χ0v) is 8.60. The maximum atomic E-state index is 13.2. The van der Waals surface area contributed by atoms with E-state index in [2.05, 4.69) is 15.9 Å². The molecule has 15 heavy (non-hydrogen) atoms. The molecule has 0 heterocycles. The van der Waals surface area contributed by atoms with Gasteiger partial charge in [-0.2, -0.15) is 13.2 Å². The van der Waals surface area contributed by atoms with Crippen LogP contribution >= 0.6 is 15.9 Å². The molecular weight excluding hydrogens is 283 g/mol. The number of hydrogen-bond acceptors (Lipinski definition) is 2. The molecule has 0 fully saturated rings. The van der Waals surface area contributed by atoms with E-state index in [0.717, 1.165) is 6.07 Å². The zero-order valence-electron chi connectivity index (χ0n) is 7.02. The Morgan fingerprint density at radius 2 is 1.73 bits per heavy atom. The topological polar surface area (TPSA) is 40.5 Å². The lowest BCUT2D eigenvalue weighted by atomic mass is 9.76. The maximum absolute atomic E-state index is 13.2. The second kappa shape index (κ2) is 4.11. The summed E-state index contributed by atoms with van der Waals surface area (Å²) in [6, 6.07) is 1.42. The lowest BCUT2D eigenvalue weighted by molar-refractivity contribution is -0.137. The largest absolute Gasteiger partial charge is 0.492 e. The number of rotatable bonds is 1. The van der Waals surface area contributed by atoms with Gasteiger partial charge in [-0.1, -0.05) is 0 Å². The van der Waals surface area contributed by atoms with Crippen molar-refractivity contribution in [2.45, 2.75) is 6.18 Å². The molecule has 0 unspecified atom stereocenters. The van der Waals surface area contributed by atoms with E-state index in [4.69, 9.17) is 10.0 Å². The minimum atomic E-state index is -4.83. The van der Waals surface area contributed by atoms with Crippen LogP contribution in [-0.4, -0.2) is 17.2 Å². The number of halogens is 5. The Morgan fingerprint density at radius 3 is 2.13 bits per heavy atom. The van der Waals surface area contributed by atoms with Crippen LogP contribution in [0.4, 0.5) is 17.6 Å². The molecule has 1 aromatic carbocycles. The molecule has 0 aromatic heterocycles. The van der Waals surface area contributed by atoms with Gasteiger partial charge < -0.3 is 10.0 Å². The van der Waals surface area contributed by atoms with E-state index in [1.54, 1.807) is 0 Å². The summed E-state index contributed by atoms with van der Waals surface area (Å²) >= 11 is 2.65. The van der Waals surface area contributed by atoms with Gasteiger partial charge in [0.25, 0.3) is 0 Å². The molecule has 8 heteroatoms. The van der Waals surface area contributed by atoms with Crippen LogP contribution in [0.2, 0.25) is 0 Å². The van der Waals surface area contributed by atoms with Gasteiger partial charge in [0.2, 0.25) is 0 Å². The summed E-state index contributed by atoms with van der Waals surface area (Å²) in [5, 5.41) is 17.3. The predicted octanol–water partition coefficient (Wildman–Crippen LogP) is 1.29. The predicted molar refractivity (Wildman–Crippen MR) is 48.9 cm³/mol. The Hall–Kier alpha value is -0.595. The van der Waals surface area contributed by atoms with Crippen LogP contribution in [0.15, 0.2) is 16.6 Å². The van der Waals surface area contributed by atoms with Crippen LogP contribution in [0.1, 0.15) is 5.56 Å². The molecule has 0 saturated heterocycles. The zero-order chi connectivity index (χ0) is 11.8. The molecule has 2 N–H and O–H groups in total. The van der Waals surface area contributed by atoms with Crippen LogP contribution in [0, 0.1) is 5.82 Å². The van der Waals surface area contributed by atoms with Crippen LogP contribution in [-0.2, 0) is 6.18 Å². The monoisotopic (exact) mass is 286 g/mol. The summed E-state index contributed by atoms with van der Waals surface area (Å²) in [5.74, 6) is -1.33. The summed E-state index contributed by atoms with van der Waals surface area (Å²) in [6.07, 6.45) is -4.83. The second-order valence-corrected chi connectivity index (χ2v) is 3.55. The number of hydrogen-bond donors (Lipinski definition) is 2. The molecule has 82 valence electrons. The number of alkyl halides is 3. The molecule has 1 rings (SSSR count). The van der Waals surface area contributed by atoms with Crippen LogP contribution in [0.3, 0.4) is 0 Å². The molecule has 0 radical (unpaired) electrons. The third-order valence-electron chi connectivity index (χ3n) is 1.70. The van der Waals surface area contributed by atoms with E-state index < -0.39 is 30.1 Å². The van der Waals surface area contributed by atoms with Crippen molar-refractivity contribution in [3.05, 3.63) is 28.0 Å². The first-order chi connectivity index (χ1) is 6.75. The summed E-state index contributed by atoms with van der Waals surface area (Å²) in [6.45, 7) is 0. The third-order valence-corrected chi connectivity index (χ3v) is 2.31. The average molecular weight is 287 g/mol. The van der Waals surface area contributed by atoms with Gasteiger partial charge in [0.05, 0.1) is 10.0 Å². The normalized spacial score (nSPS) is 11.7. The standard InChI is InChI=1S/C7H4BBrF4O2/c9-4-2-1-3(7(11,12)13)5(6(4)10)8(14)15/h1-2,14-15H. The highest BCUT2D eigenvalue weighted by molar-refractivity contribution is 9.10. The smallest absolute Gasteiger partial charge is 0.423 e. The fourth-order valence-electron chi connectivity index (χ4n) is 1.07. The molecule has 0 spiro atoms. The van der Waals surface area contributed by atoms with Crippen LogP contribution in [0.25, 0.3) is 0 Å². The third kappa shape index (κ3) is 2.50. The van der Waals surface area contributed by atoms with Gasteiger partial charge in [0, 0.05) is 5.46 Å². The van der Waals surface area contributed by atoms with Crippen molar-refractivity contribution in [1.82, 2.24) is 0 Å². The van der Waals surface area contributed by atoms with Crippen molar-refractivity contribution in [3.8, 4) is 0 Å². The van der Waals surface area contributed by atoms with Crippen LogP contribution < -0.4 is 5.46 Å². The van der Waals surface area contributed by atoms with Gasteiger partial charge in [-0.3, -0.25) is 0 Å². The molecule has 0 bridgehead atoms. The fraction of sp³-hybridized carbons (Fsp3) is 0.143. The molecule has 0 atom stereocenters. The van der Waals surface area contributed by atoms with Gasteiger partial charge in [-0.25, -0.2) is 4.39 Å². The molecule has 1 aromatic rings. The van der Waals surface area contributed by atoms with Gasteiger partial charge in [-0.05, 0) is 28.1 Å². The lowest BCUT2D eigenvalue weighted by Gasteiger charge is -2.13. The summed E-state index contributed by atoms with van der Waals surface area (Å²) in [4.78, 5) is 0. The molecule has 0 aliphatic carbocycles. The molecule has 0 amide bonds. The highest BCUT2D eigenvalue weighted by atomic mass is 79.9. The Bertz CT molecular complexity index is 380. The first kappa shape index (κ1) is 12.5. The first-order valence-corrected chi connectivity index (χ1v) is 4.45. The second-order valence-electron chi connectivity index (χ2n) is 2.69. The van der Waals surface area contributed by atoms with E-state index in [0.29, 0.717) is 6.07 Å².